The summed E-state index contributed by atoms with van der Waals surface area (Å²) in [6, 6.07) is 9.83. The van der Waals surface area contributed by atoms with Crippen LogP contribution >= 0.6 is 0 Å². The number of benzene rings is 1. The van der Waals surface area contributed by atoms with Crippen LogP contribution in [0.2, 0.25) is 0 Å². The number of nitrogens with two attached hydrogens (primary N) is 1. The molecule has 0 atom stereocenters. The zero-order valence-corrected chi connectivity index (χ0v) is 11.7. The first kappa shape index (κ1) is 12.9. The fraction of sp³-hybridized carbons (Fsp3) is 0.375. The van der Waals surface area contributed by atoms with Gasteiger partial charge < -0.3 is 10.5 Å². The van der Waals surface area contributed by atoms with Crippen LogP contribution in [-0.4, -0.2) is 16.1 Å². The first-order valence-electron chi connectivity index (χ1n) is 7.09. The number of ether oxygens (including phenoxy) is 1. The van der Waals surface area contributed by atoms with Gasteiger partial charge in [0.25, 0.3) is 0 Å². The van der Waals surface area contributed by atoms with Crippen molar-refractivity contribution in [2.45, 2.75) is 38.7 Å². The highest BCUT2D eigenvalue weighted by Crippen LogP contribution is 2.26. The predicted molar refractivity (Wildman–Crippen MR) is 79.5 cm³/mol. The average Bonchev–Trinajstić information content (AvgIpc) is 2.91. The lowest BCUT2D eigenvalue weighted by Crippen LogP contribution is -2.10. The summed E-state index contributed by atoms with van der Waals surface area (Å²) in [5.41, 5.74) is 7.64. The number of nitrogen functional groups attached to an aromatic ring is 1. The maximum Gasteiger partial charge on any atom is 0.128 e. The minimum absolute atomic E-state index is 0.387. The fourth-order valence-electron chi connectivity index (χ4n) is 2.64. The van der Waals surface area contributed by atoms with Crippen LogP contribution in [0.15, 0.2) is 30.3 Å². The Morgan fingerprint density at radius 1 is 1.10 bits per heavy atom. The van der Waals surface area contributed by atoms with Crippen LogP contribution < -0.4 is 10.5 Å². The first-order chi connectivity index (χ1) is 9.70. The molecule has 0 spiro atoms. The number of aromatic nitrogens is 2. The van der Waals surface area contributed by atoms with Gasteiger partial charge >= 0.3 is 0 Å². The van der Waals surface area contributed by atoms with Gasteiger partial charge in [0, 0.05) is 11.6 Å². The molecule has 1 aliphatic carbocycles. The summed E-state index contributed by atoms with van der Waals surface area (Å²) >= 11 is 0. The van der Waals surface area contributed by atoms with Crippen LogP contribution in [0.4, 0.5) is 5.82 Å². The van der Waals surface area contributed by atoms with E-state index < -0.39 is 0 Å². The minimum Gasteiger partial charge on any atom is -0.490 e. The minimum atomic E-state index is 0.387. The highest BCUT2D eigenvalue weighted by Gasteiger charge is 2.16. The van der Waals surface area contributed by atoms with E-state index in [1.807, 2.05) is 31.2 Å². The molecule has 0 radical (unpaired) electrons. The van der Waals surface area contributed by atoms with E-state index in [0.717, 1.165) is 17.0 Å². The molecule has 1 saturated carbocycles. The van der Waals surface area contributed by atoms with Crippen LogP contribution in [-0.2, 0) is 0 Å². The normalized spacial score (nSPS) is 15.4. The van der Waals surface area contributed by atoms with Crippen molar-refractivity contribution < 1.29 is 4.74 Å². The molecule has 2 N–H and O–H groups in total. The number of anilines is 1. The molecule has 0 amide bonds. The van der Waals surface area contributed by atoms with Gasteiger partial charge in [0.1, 0.15) is 17.4 Å². The smallest absolute Gasteiger partial charge is 0.128 e. The number of hydrogen-bond donors (Lipinski definition) is 1. The van der Waals surface area contributed by atoms with Gasteiger partial charge in [-0.05, 0) is 56.9 Å². The third-order valence-electron chi connectivity index (χ3n) is 3.61. The zero-order chi connectivity index (χ0) is 13.9. The summed E-state index contributed by atoms with van der Waals surface area (Å²) in [5.74, 6) is 2.12. The molecule has 4 heteroatoms. The Kier molecular flexibility index (Phi) is 3.54. The summed E-state index contributed by atoms with van der Waals surface area (Å²) in [6.45, 7) is 1.84. The quantitative estimate of drug-likeness (QED) is 0.928. The van der Waals surface area contributed by atoms with Crippen LogP contribution in [0.3, 0.4) is 0 Å². The lowest BCUT2D eigenvalue weighted by atomic mass is 10.1. The molecule has 4 nitrogen and oxygen atoms in total. The largest absolute Gasteiger partial charge is 0.490 e. The van der Waals surface area contributed by atoms with Crippen LogP contribution in [0, 0.1) is 6.92 Å². The highest BCUT2D eigenvalue weighted by molar-refractivity contribution is 5.62. The molecule has 0 unspecified atom stereocenters. The maximum absolute atomic E-state index is 5.96. The lowest BCUT2D eigenvalue weighted by Gasteiger charge is -2.13. The van der Waals surface area contributed by atoms with Crippen LogP contribution in [0.5, 0.6) is 5.75 Å². The summed E-state index contributed by atoms with van der Waals surface area (Å²) < 4.78 is 5.96. The Morgan fingerprint density at radius 3 is 2.45 bits per heavy atom. The van der Waals surface area contributed by atoms with E-state index >= 15 is 0 Å². The van der Waals surface area contributed by atoms with Gasteiger partial charge in [-0.2, -0.15) is 0 Å². The van der Waals surface area contributed by atoms with E-state index in [2.05, 4.69) is 9.97 Å². The SMILES string of the molecule is Cc1nc(N)cc(-c2ccc(OC3CCCC3)cc2)n1. The number of aryl methyl sites for hydroxylation is 1. The van der Waals surface area contributed by atoms with Crippen LogP contribution in [0.25, 0.3) is 11.3 Å². The van der Waals surface area contributed by atoms with Gasteiger partial charge in [0.15, 0.2) is 0 Å². The molecule has 3 rings (SSSR count). The fourth-order valence-corrected chi connectivity index (χ4v) is 2.64. The lowest BCUT2D eigenvalue weighted by molar-refractivity contribution is 0.210. The van der Waals surface area contributed by atoms with Gasteiger partial charge in [-0.25, -0.2) is 9.97 Å². The molecule has 0 bridgehead atoms. The zero-order valence-electron chi connectivity index (χ0n) is 11.7. The van der Waals surface area contributed by atoms with Gasteiger partial charge in [-0.3, -0.25) is 0 Å². The molecule has 0 saturated heterocycles. The summed E-state index contributed by atoms with van der Waals surface area (Å²) in [6.07, 6.45) is 5.29. The number of rotatable bonds is 3. The van der Waals surface area contributed by atoms with Crippen molar-refractivity contribution in [2.24, 2.45) is 0 Å². The van der Waals surface area contributed by atoms with E-state index in [9.17, 15) is 0 Å². The average molecular weight is 269 g/mol. The van der Waals surface area contributed by atoms with Crippen molar-refractivity contribution in [3.8, 4) is 17.0 Å². The Bertz CT molecular complexity index is 569. The van der Waals surface area contributed by atoms with Crippen molar-refractivity contribution in [1.29, 1.82) is 0 Å². The summed E-state index contributed by atoms with van der Waals surface area (Å²) in [7, 11) is 0. The molecular formula is C16H19N3O. The standard InChI is InChI=1S/C16H19N3O/c1-11-18-15(10-16(17)19-11)12-6-8-14(9-7-12)20-13-4-2-3-5-13/h6-10,13H,2-5H2,1H3,(H2,17,18,19). The van der Waals surface area contributed by atoms with Crippen molar-refractivity contribution >= 4 is 5.82 Å². The van der Waals surface area contributed by atoms with Gasteiger partial charge in [-0.1, -0.05) is 0 Å². The van der Waals surface area contributed by atoms with Crippen molar-refractivity contribution in [3.63, 3.8) is 0 Å². The second kappa shape index (κ2) is 5.49. The van der Waals surface area contributed by atoms with Gasteiger partial charge in [0.05, 0.1) is 11.8 Å². The van der Waals surface area contributed by atoms with Crippen molar-refractivity contribution in [2.75, 3.05) is 5.73 Å². The predicted octanol–water partition coefficient (Wildman–Crippen LogP) is 3.36. The highest BCUT2D eigenvalue weighted by atomic mass is 16.5. The molecule has 104 valence electrons. The second-order valence-electron chi connectivity index (χ2n) is 5.27. The van der Waals surface area contributed by atoms with E-state index in [4.69, 9.17) is 10.5 Å². The Morgan fingerprint density at radius 2 is 1.80 bits per heavy atom. The van der Waals surface area contributed by atoms with Crippen molar-refractivity contribution in [3.05, 3.63) is 36.2 Å². The molecule has 1 aliphatic rings. The third kappa shape index (κ3) is 2.90. The monoisotopic (exact) mass is 269 g/mol. The van der Waals surface area contributed by atoms with Crippen LogP contribution in [0.1, 0.15) is 31.5 Å². The van der Waals surface area contributed by atoms with E-state index in [1.54, 1.807) is 6.07 Å². The first-order valence-corrected chi connectivity index (χ1v) is 7.09. The Labute approximate surface area is 119 Å². The second-order valence-corrected chi connectivity index (χ2v) is 5.27. The molecule has 1 fully saturated rings. The Hall–Kier alpha value is -2.10. The molecule has 2 aromatic rings. The summed E-state index contributed by atoms with van der Waals surface area (Å²) in [5, 5.41) is 0. The number of hydrogen-bond acceptors (Lipinski definition) is 4. The van der Waals surface area contributed by atoms with E-state index in [0.29, 0.717) is 17.7 Å². The molecule has 0 aliphatic heterocycles. The Balaban J connectivity index is 1.78. The van der Waals surface area contributed by atoms with Crippen molar-refractivity contribution in [1.82, 2.24) is 9.97 Å². The van der Waals surface area contributed by atoms with Gasteiger partial charge in [0.2, 0.25) is 0 Å². The van der Waals surface area contributed by atoms with E-state index in [1.165, 1.54) is 25.7 Å². The molecule has 1 aromatic heterocycles. The summed E-state index contributed by atoms with van der Waals surface area (Å²) in [4.78, 5) is 8.49. The topological polar surface area (TPSA) is 61.0 Å². The molecule has 20 heavy (non-hydrogen) atoms. The molecule has 1 aromatic carbocycles. The molecule has 1 heterocycles. The van der Waals surface area contributed by atoms with Gasteiger partial charge in [-0.15, -0.1) is 0 Å². The third-order valence-corrected chi connectivity index (χ3v) is 3.61. The molecular weight excluding hydrogens is 250 g/mol. The number of nitrogens with zero attached hydrogens (tertiary/aromatic N) is 2. The van der Waals surface area contributed by atoms with E-state index in [-0.39, 0.29) is 0 Å². The maximum atomic E-state index is 5.96.